The highest BCUT2D eigenvalue weighted by atomic mass is 28.4. The van der Waals surface area contributed by atoms with Gasteiger partial charge in [0.1, 0.15) is 0 Å². The maximum absolute atomic E-state index is 6.00. The van der Waals surface area contributed by atoms with Crippen molar-refractivity contribution in [3.05, 3.63) is 42.4 Å². The molecule has 0 amide bonds. The summed E-state index contributed by atoms with van der Waals surface area (Å²) in [5.74, 6) is 1.12. The zero-order chi connectivity index (χ0) is 12.0. The molecule has 88 valence electrons. The predicted molar refractivity (Wildman–Crippen MR) is 69.4 cm³/mol. The van der Waals surface area contributed by atoms with Crippen LogP contribution in [0.15, 0.2) is 42.4 Å². The second-order valence-corrected chi connectivity index (χ2v) is 9.24. The van der Waals surface area contributed by atoms with E-state index in [2.05, 4.69) is 49.6 Å². The van der Waals surface area contributed by atoms with Crippen LogP contribution in [-0.4, -0.2) is 8.32 Å². The highest BCUT2D eigenvalue weighted by molar-refractivity contribution is 6.70. The van der Waals surface area contributed by atoms with Crippen LogP contribution in [0.2, 0.25) is 19.6 Å². The molecule has 1 aromatic heterocycles. The fraction of sp³-hybridized carbons (Fsp3) is 0.462. The summed E-state index contributed by atoms with van der Waals surface area (Å²) in [6.07, 6.45) is 7.28. The molecule has 0 saturated heterocycles. The van der Waals surface area contributed by atoms with Crippen LogP contribution in [-0.2, 0) is 11.0 Å². The van der Waals surface area contributed by atoms with Crippen LogP contribution in [0.4, 0.5) is 0 Å². The van der Waals surface area contributed by atoms with Gasteiger partial charge in [-0.2, -0.15) is 0 Å². The van der Waals surface area contributed by atoms with E-state index in [9.17, 15) is 0 Å². The summed E-state index contributed by atoms with van der Waals surface area (Å²) in [6, 6.07) is 6.11. The van der Waals surface area contributed by atoms with Crippen LogP contribution >= 0.6 is 0 Å². The molecule has 0 aliphatic rings. The van der Waals surface area contributed by atoms with Crippen molar-refractivity contribution in [2.45, 2.75) is 39.5 Å². The monoisotopic (exact) mass is 236 g/mol. The van der Waals surface area contributed by atoms with Crippen molar-refractivity contribution in [3.63, 3.8) is 0 Å². The number of hydrogen-bond acceptors (Lipinski definition) is 1. The maximum atomic E-state index is 6.00. The molecule has 1 heterocycles. The van der Waals surface area contributed by atoms with E-state index in [4.69, 9.17) is 4.43 Å². The first-order valence-corrected chi connectivity index (χ1v) is 9.24. The fourth-order valence-corrected chi connectivity index (χ4v) is 2.43. The van der Waals surface area contributed by atoms with Crippen LogP contribution in [0.3, 0.4) is 0 Å². The predicted octanol–water partition coefficient (Wildman–Crippen LogP) is 3.12. The third-order valence-corrected chi connectivity index (χ3v) is 2.97. The molecular weight excluding hydrogens is 214 g/mol. The summed E-state index contributed by atoms with van der Waals surface area (Å²) in [7, 11) is -1.46. The Morgan fingerprint density at radius 2 is 1.81 bits per heavy atom. The Balaban J connectivity index is 2.60. The zero-order valence-corrected chi connectivity index (χ0v) is 11.7. The summed E-state index contributed by atoms with van der Waals surface area (Å²) in [5.41, 5.74) is 0. The normalized spacial score (nSPS) is 12.6. The van der Waals surface area contributed by atoms with Crippen molar-refractivity contribution in [2.75, 3.05) is 0 Å². The van der Waals surface area contributed by atoms with Crippen LogP contribution in [0.5, 0.6) is 0 Å². The third kappa shape index (κ3) is 5.12. The Kier molecular flexibility index (Phi) is 4.74. The van der Waals surface area contributed by atoms with Crippen molar-refractivity contribution in [3.8, 4) is 0 Å². The lowest BCUT2D eigenvalue weighted by Gasteiger charge is -2.20. The largest absolute Gasteiger partial charge is 0.547 e. The second-order valence-electron chi connectivity index (χ2n) is 4.81. The van der Waals surface area contributed by atoms with Gasteiger partial charge in [0.2, 0.25) is 8.32 Å². The lowest BCUT2D eigenvalue weighted by atomic mass is 10.3. The summed E-state index contributed by atoms with van der Waals surface area (Å²) >= 11 is 0. The maximum Gasteiger partial charge on any atom is 0.241 e. The molecule has 2 nitrogen and oxygen atoms in total. The first-order chi connectivity index (χ1) is 7.51. The van der Waals surface area contributed by atoms with Crippen molar-refractivity contribution < 1.29 is 8.99 Å². The van der Waals surface area contributed by atoms with E-state index < -0.39 is 8.32 Å². The molecule has 0 saturated carbocycles. The van der Waals surface area contributed by atoms with Gasteiger partial charge < -0.3 is 4.43 Å². The summed E-state index contributed by atoms with van der Waals surface area (Å²) in [5, 5.41) is 0. The van der Waals surface area contributed by atoms with Crippen molar-refractivity contribution in [1.82, 2.24) is 0 Å². The average molecular weight is 236 g/mol. The third-order valence-electron chi connectivity index (χ3n) is 2.09. The Morgan fingerprint density at radius 3 is 2.31 bits per heavy atom. The zero-order valence-electron chi connectivity index (χ0n) is 10.7. The van der Waals surface area contributed by atoms with E-state index >= 15 is 0 Å². The van der Waals surface area contributed by atoms with E-state index in [1.807, 2.05) is 18.2 Å². The number of aromatic nitrogens is 1. The van der Waals surface area contributed by atoms with Gasteiger partial charge in [-0.05, 0) is 19.6 Å². The first-order valence-electron chi connectivity index (χ1n) is 5.83. The Morgan fingerprint density at radius 1 is 1.19 bits per heavy atom. The van der Waals surface area contributed by atoms with E-state index in [0.717, 1.165) is 18.7 Å². The molecule has 1 aromatic rings. The van der Waals surface area contributed by atoms with Gasteiger partial charge in [0, 0.05) is 24.6 Å². The molecule has 0 radical (unpaired) electrons. The van der Waals surface area contributed by atoms with Gasteiger partial charge in [-0.1, -0.05) is 13.0 Å². The first kappa shape index (κ1) is 13.0. The number of allylic oxidation sites excluding steroid dienone is 2. The van der Waals surface area contributed by atoms with Gasteiger partial charge in [-0.15, -0.1) is 0 Å². The molecule has 0 unspecified atom stereocenters. The number of hydrogen-bond donors (Lipinski definition) is 0. The van der Waals surface area contributed by atoms with Crippen LogP contribution in [0.1, 0.15) is 13.3 Å². The topological polar surface area (TPSA) is 13.1 Å². The van der Waals surface area contributed by atoms with Gasteiger partial charge in [0.25, 0.3) is 0 Å². The van der Waals surface area contributed by atoms with Gasteiger partial charge in [0.15, 0.2) is 18.9 Å². The van der Waals surface area contributed by atoms with Crippen LogP contribution in [0, 0.1) is 0 Å². The second kappa shape index (κ2) is 5.85. The molecule has 1 rings (SSSR count). The molecule has 0 aliphatic carbocycles. The summed E-state index contributed by atoms with van der Waals surface area (Å²) < 4.78 is 8.14. The molecule has 0 aliphatic heterocycles. The van der Waals surface area contributed by atoms with Gasteiger partial charge in [-0.25, -0.2) is 4.57 Å². The SMILES string of the molecule is CC/C(=C/C[n+]1ccccc1)O[Si](C)(C)C. The number of rotatable bonds is 5. The number of nitrogens with zero attached hydrogens (tertiary/aromatic N) is 1. The fourth-order valence-electron chi connectivity index (χ4n) is 1.41. The highest BCUT2D eigenvalue weighted by Crippen LogP contribution is 2.12. The molecule has 0 aromatic carbocycles. The summed E-state index contributed by atoms with van der Waals surface area (Å²) in [4.78, 5) is 0. The minimum Gasteiger partial charge on any atom is -0.547 e. The van der Waals surface area contributed by atoms with E-state index in [0.29, 0.717) is 0 Å². The van der Waals surface area contributed by atoms with Gasteiger partial charge >= 0.3 is 0 Å². The lowest BCUT2D eigenvalue weighted by Crippen LogP contribution is -2.32. The lowest BCUT2D eigenvalue weighted by molar-refractivity contribution is -0.687. The van der Waals surface area contributed by atoms with Crippen molar-refractivity contribution >= 4 is 8.32 Å². The molecule has 0 spiro atoms. The van der Waals surface area contributed by atoms with E-state index in [-0.39, 0.29) is 0 Å². The minimum atomic E-state index is -1.46. The van der Waals surface area contributed by atoms with E-state index in [1.165, 1.54) is 0 Å². The molecular formula is C13H22NOSi+. The van der Waals surface area contributed by atoms with Crippen molar-refractivity contribution in [1.29, 1.82) is 0 Å². The quantitative estimate of drug-likeness (QED) is 0.435. The standard InChI is InChI=1S/C13H22NOSi/c1-5-13(15-16(2,3)4)9-12-14-10-7-6-8-11-14/h6-11H,5,12H2,1-4H3/q+1/b13-9-. The van der Waals surface area contributed by atoms with Gasteiger partial charge in [0.05, 0.1) is 5.76 Å². The molecule has 0 atom stereocenters. The Bertz CT molecular complexity index is 341. The highest BCUT2D eigenvalue weighted by Gasteiger charge is 2.16. The van der Waals surface area contributed by atoms with Gasteiger partial charge in [-0.3, -0.25) is 0 Å². The number of pyridine rings is 1. The molecule has 0 fully saturated rings. The molecule has 16 heavy (non-hydrogen) atoms. The van der Waals surface area contributed by atoms with Crippen molar-refractivity contribution in [2.24, 2.45) is 0 Å². The molecule has 0 bridgehead atoms. The molecule has 3 heteroatoms. The van der Waals surface area contributed by atoms with Crippen LogP contribution in [0.25, 0.3) is 0 Å². The Labute approximate surface area is 99.7 Å². The average Bonchev–Trinajstić information content (AvgIpc) is 2.24. The Hall–Kier alpha value is -1.09. The minimum absolute atomic E-state index is 0.883. The van der Waals surface area contributed by atoms with E-state index in [1.54, 1.807) is 0 Å². The summed E-state index contributed by atoms with van der Waals surface area (Å²) in [6.45, 7) is 9.67. The van der Waals surface area contributed by atoms with Crippen LogP contribution < -0.4 is 4.57 Å². The smallest absolute Gasteiger partial charge is 0.241 e. The molecule has 0 N–H and O–H groups in total.